The molecule has 4 nitrogen and oxygen atoms in total. The lowest BCUT2D eigenvalue weighted by molar-refractivity contribution is -0.127. The molecule has 0 aromatic heterocycles. The van der Waals surface area contributed by atoms with Crippen molar-refractivity contribution in [1.82, 2.24) is 4.90 Å². The summed E-state index contributed by atoms with van der Waals surface area (Å²) in [5.74, 6) is 0.668. The van der Waals surface area contributed by atoms with E-state index in [-0.39, 0.29) is 5.92 Å². The zero-order chi connectivity index (χ0) is 15.1. The Morgan fingerprint density at radius 1 is 1.33 bits per heavy atom. The van der Waals surface area contributed by atoms with Gasteiger partial charge in [0.25, 0.3) is 0 Å². The van der Waals surface area contributed by atoms with Gasteiger partial charge in [0.05, 0.1) is 12.7 Å². The van der Waals surface area contributed by atoms with Crippen LogP contribution in [0.4, 0.5) is 0 Å². The van der Waals surface area contributed by atoms with E-state index < -0.39 is 6.10 Å². The highest BCUT2D eigenvalue weighted by Crippen LogP contribution is 2.32. The second kappa shape index (κ2) is 8.86. The molecule has 21 heavy (non-hydrogen) atoms. The van der Waals surface area contributed by atoms with E-state index in [2.05, 4.69) is 11.8 Å². The smallest absolute Gasteiger partial charge is 0.137 e. The highest BCUT2D eigenvalue weighted by molar-refractivity contribution is 5.82. The van der Waals surface area contributed by atoms with Crippen molar-refractivity contribution in [1.29, 1.82) is 0 Å². The molecular formula is C17H31NO3. The SMILES string of the molecule is CCCCOCC(O)CN1CCCC1C1CCCCC1=O. The van der Waals surface area contributed by atoms with Gasteiger partial charge in [0.2, 0.25) is 0 Å². The van der Waals surface area contributed by atoms with Gasteiger partial charge in [-0.3, -0.25) is 9.69 Å². The third kappa shape index (κ3) is 5.04. The van der Waals surface area contributed by atoms with Gasteiger partial charge < -0.3 is 9.84 Å². The van der Waals surface area contributed by atoms with E-state index in [1.807, 2.05) is 0 Å². The zero-order valence-corrected chi connectivity index (χ0v) is 13.4. The minimum Gasteiger partial charge on any atom is -0.389 e. The van der Waals surface area contributed by atoms with E-state index in [0.29, 0.717) is 25.0 Å². The summed E-state index contributed by atoms with van der Waals surface area (Å²) in [6, 6.07) is 0.364. The first kappa shape index (κ1) is 16.9. The standard InChI is InChI=1S/C17H31NO3/c1-2-3-11-21-13-14(19)12-18-10-6-8-16(18)15-7-4-5-9-17(15)20/h14-16,19H,2-13H2,1H3. The van der Waals surface area contributed by atoms with Gasteiger partial charge in [0, 0.05) is 31.5 Å². The number of hydrogen-bond acceptors (Lipinski definition) is 4. The summed E-state index contributed by atoms with van der Waals surface area (Å²) in [6.07, 6.45) is 8.06. The molecular weight excluding hydrogens is 266 g/mol. The van der Waals surface area contributed by atoms with Gasteiger partial charge in [0.1, 0.15) is 5.78 Å². The first-order valence-electron chi connectivity index (χ1n) is 8.75. The number of carbonyl (C=O) groups excluding carboxylic acids is 1. The van der Waals surface area contributed by atoms with Crippen LogP contribution in [0.25, 0.3) is 0 Å². The molecule has 0 radical (unpaired) electrons. The summed E-state index contributed by atoms with van der Waals surface area (Å²) in [5.41, 5.74) is 0. The fourth-order valence-electron chi connectivity index (χ4n) is 3.74. The number of rotatable bonds is 8. The van der Waals surface area contributed by atoms with E-state index in [1.165, 1.54) is 6.42 Å². The van der Waals surface area contributed by atoms with Crippen LogP contribution < -0.4 is 0 Å². The van der Waals surface area contributed by atoms with Crippen LogP contribution in [-0.2, 0) is 9.53 Å². The van der Waals surface area contributed by atoms with E-state index >= 15 is 0 Å². The Morgan fingerprint density at radius 2 is 2.19 bits per heavy atom. The van der Waals surface area contributed by atoms with Crippen molar-refractivity contribution in [2.24, 2.45) is 5.92 Å². The fraction of sp³-hybridized carbons (Fsp3) is 0.941. The lowest BCUT2D eigenvalue weighted by Gasteiger charge is -2.34. The molecule has 0 spiro atoms. The number of β-amino-alcohol motifs (C(OH)–C–C–N with tert-alkyl or cyclic N) is 1. The number of likely N-dealkylation sites (tertiary alicyclic amines) is 1. The van der Waals surface area contributed by atoms with Crippen LogP contribution in [0.2, 0.25) is 0 Å². The van der Waals surface area contributed by atoms with Crippen LogP contribution in [0.15, 0.2) is 0 Å². The Bertz CT molecular complexity index is 321. The van der Waals surface area contributed by atoms with Crippen LogP contribution in [-0.4, -0.2) is 54.2 Å². The molecule has 1 heterocycles. The number of aliphatic hydroxyl groups excluding tert-OH is 1. The van der Waals surface area contributed by atoms with E-state index in [4.69, 9.17) is 4.74 Å². The number of Topliss-reactive ketones (excluding diaryl/α,β-unsaturated/α-hetero) is 1. The van der Waals surface area contributed by atoms with Crippen LogP contribution in [0.5, 0.6) is 0 Å². The maximum absolute atomic E-state index is 12.1. The summed E-state index contributed by atoms with van der Waals surface area (Å²) in [5, 5.41) is 10.1. The van der Waals surface area contributed by atoms with E-state index in [0.717, 1.165) is 58.1 Å². The lowest BCUT2D eigenvalue weighted by atomic mass is 9.82. The Labute approximate surface area is 128 Å². The van der Waals surface area contributed by atoms with Crippen LogP contribution in [0.1, 0.15) is 58.3 Å². The van der Waals surface area contributed by atoms with Crippen molar-refractivity contribution in [3.05, 3.63) is 0 Å². The van der Waals surface area contributed by atoms with Gasteiger partial charge in [-0.2, -0.15) is 0 Å². The first-order chi connectivity index (χ1) is 10.2. The number of nitrogens with zero attached hydrogens (tertiary/aromatic N) is 1. The molecule has 1 saturated heterocycles. The average molecular weight is 297 g/mol. The highest BCUT2D eigenvalue weighted by Gasteiger charge is 2.37. The molecule has 122 valence electrons. The number of ether oxygens (including phenoxy) is 1. The molecule has 1 saturated carbocycles. The number of carbonyl (C=O) groups is 1. The number of aliphatic hydroxyl groups is 1. The minimum atomic E-state index is -0.429. The lowest BCUT2D eigenvalue weighted by Crippen LogP contribution is -2.44. The zero-order valence-electron chi connectivity index (χ0n) is 13.4. The molecule has 0 amide bonds. The average Bonchev–Trinajstić information content (AvgIpc) is 2.92. The van der Waals surface area contributed by atoms with Crippen LogP contribution in [0, 0.1) is 5.92 Å². The van der Waals surface area contributed by atoms with Crippen molar-refractivity contribution in [3.63, 3.8) is 0 Å². The van der Waals surface area contributed by atoms with E-state index in [9.17, 15) is 9.90 Å². The van der Waals surface area contributed by atoms with Crippen molar-refractivity contribution >= 4 is 5.78 Å². The molecule has 1 aliphatic heterocycles. The summed E-state index contributed by atoms with van der Waals surface area (Å²) < 4.78 is 5.50. The largest absolute Gasteiger partial charge is 0.389 e. The molecule has 0 bridgehead atoms. The van der Waals surface area contributed by atoms with Crippen LogP contribution in [0.3, 0.4) is 0 Å². The van der Waals surface area contributed by atoms with E-state index in [1.54, 1.807) is 0 Å². The second-order valence-corrected chi connectivity index (χ2v) is 6.61. The van der Waals surface area contributed by atoms with Gasteiger partial charge in [-0.1, -0.05) is 19.8 Å². The second-order valence-electron chi connectivity index (χ2n) is 6.61. The molecule has 2 rings (SSSR count). The molecule has 4 heteroatoms. The van der Waals surface area contributed by atoms with Gasteiger partial charge in [-0.05, 0) is 38.6 Å². The Hall–Kier alpha value is -0.450. The fourth-order valence-corrected chi connectivity index (χ4v) is 3.74. The third-order valence-electron chi connectivity index (χ3n) is 4.88. The van der Waals surface area contributed by atoms with Gasteiger partial charge in [-0.25, -0.2) is 0 Å². The van der Waals surface area contributed by atoms with Gasteiger partial charge >= 0.3 is 0 Å². The molecule has 3 atom stereocenters. The molecule has 0 aromatic rings. The van der Waals surface area contributed by atoms with Crippen LogP contribution >= 0.6 is 0 Å². The summed E-state index contributed by atoms with van der Waals surface area (Å²) >= 11 is 0. The number of unbranched alkanes of at least 4 members (excludes halogenated alkanes) is 1. The summed E-state index contributed by atoms with van der Waals surface area (Å²) in [4.78, 5) is 14.5. The van der Waals surface area contributed by atoms with Crippen molar-refractivity contribution < 1.29 is 14.6 Å². The highest BCUT2D eigenvalue weighted by atomic mass is 16.5. The molecule has 0 aromatic carbocycles. The third-order valence-corrected chi connectivity index (χ3v) is 4.88. The molecule has 2 fully saturated rings. The maximum Gasteiger partial charge on any atom is 0.137 e. The monoisotopic (exact) mass is 297 g/mol. The summed E-state index contributed by atoms with van der Waals surface area (Å²) in [7, 11) is 0. The summed E-state index contributed by atoms with van der Waals surface area (Å²) in [6.45, 7) is 4.96. The van der Waals surface area contributed by atoms with Crippen molar-refractivity contribution in [2.45, 2.75) is 70.4 Å². The molecule has 1 aliphatic carbocycles. The van der Waals surface area contributed by atoms with Gasteiger partial charge in [-0.15, -0.1) is 0 Å². The molecule has 1 N–H and O–H groups in total. The Balaban J connectivity index is 1.77. The minimum absolute atomic E-state index is 0.217. The normalized spacial score (nSPS) is 29.0. The number of ketones is 1. The predicted molar refractivity (Wildman–Crippen MR) is 83.3 cm³/mol. The molecule has 3 unspecified atom stereocenters. The quantitative estimate of drug-likeness (QED) is 0.699. The maximum atomic E-state index is 12.1. The topological polar surface area (TPSA) is 49.8 Å². The Kier molecular flexibility index (Phi) is 7.14. The van der Waals surface area contributed by atoms with Crippen molar-refractivity contribution in [2.75, 3.05) is 26.3 Å². The van der Waals surface area contributed by atoms with Gasteiger partial charge in [0.15, 0.2) is 0 Å². The Morgan fingerprint density at radius 3 is 2.95 bits per heavy atom. The number of hydrogen-bond donors (Lipinski definition) is 1. The van der Waals surface area contributed by atoms with Crippen molar-refractivity contribution in [3.8, 4) is 0 Å². The molecule has 2 aliphatic rings. The predicted octanol–water partition coefficient (Wildman–Crippen LogP) is 2.39. The first-order valence-corrected chi connectivity index (χ1v) is 8.75.